The fourth-order valence-electron chi connectivity index (χ4n) is 1.97. The van der Waals surface area contributed by atoms with Crippen LogP contribution < -0.4 is 5.73 Å². The molecule has 1 heterocycles. The van der Waals surface area contributed by atoms with E-state index in [9.17, 15) is 0 Å². The fraction of sp³-hybridized carbons (Fsp3) is 0.833. The van der Waals surface area contributed by atoms with E-state index in [4.69, 9.17) is 19.7 Å². The summed E-state index contributed by atoms with van der Waals surface area (Å²) in [6.45, 7) is 4.55. The van der Waals surface area contributed by atoms with E-state index in [0.29, 0.717) is 24.7 Å². The zero-order valence-corrected chi connectivity index (χ0v) is 11.6. The van der Waals surface area contributed by atoms with Crippen molar-refractivity contribution < 1.29 is 14.0 Å². The van der Waals surface area contributed by atoms with Crippen molar-refractivity contribution in [2.24, 2.45) is 5.73 Å². The molecule has 0 aromatic carbocycles. The molecule has 0 saturated carbocycles. The Kier molecular flexibility index (Phi) is 5.71. The average molecular weight is 257 g/mol. The predicted octanol–water partition coefficient (Wildman–Crippen LogP) is 1.25. The quantitative estimate of drug-likeness (QED) is 0.754. The van der Waals surface area contributed by atoms with Crippen molar-refractivity contribution in [3.63, 3.8) is 0 Å². The molecule has 0 bridgehead atoms. The molecule has 0 radical (unpaired) electrons. The molecule has 0 aliphatic carbocycles. The zero-order chi connectivity index (χ0) is 13.6. The highest BCUT2D eigenvalue weighted by atomic mass is 16.5. The summed E-state index contributed by atoms with van der Waals surface area (Å²) in [4.78, 5) is 4.38. The van der Waals surface area contributed by atoms with Crippen molar-refractivity contribution in [3.05, 3.63) is 11.7 Å². The number of nitrogens with two attached hydrogens (primary N) is 1. The van der Waals surface area contributed by atoms with Crippen LogP contribution in [0.3, 0.4) is 0 Å². The molecule has 0 aliphatic rings. The Bertz CT molecular complexity index is 342. The van der Waals surface area contributed by atoms with Gasteiger partial charge in [-0.25, -0.2) is 0 Å². The van der Waals surface area contributed by atoms with E-state index in [1.165, 1.54) is 0 Å². The van der Waals surface area contributed by atoms with Gasteiger partial charge in [-0.1, -0.05) is 19.0 Å². The summed E-state index contributed by atoms with van der Waals surface area (Å²) in [6.07, 6.45) is 2.10. The minimum absolute atomic E-state index is 0.136. The van der Waals surface area contributed by atoms with Crippen LogP contribution in [0.25, 0.3) is 0 Å². The number of nitrogens with zero attached hydrogens (tertiary/aromatic N) is 2. The van der Waals surface area contributed by atoms with Gasteiger partial charge in [-0.2, -0.15) is 4.98 Å². The van der Waals surface area contributed by atoms with Gasteiger partial charge in [0.2, 0.25) is 11.7 Å². The van der Waals surface area contributed by atoms with E-state index in [1.54, 1.807) is 14.2 Å². The van der Waals surface area contributed by atoms with Gasteiger partial charge in [0.25, 0.3) is 0 Å². The van der Waals surface area contributed by atoms with Crippen LogP contribution >= 0.6 is 0 Å². The van der Waals surface area contributed by atoms with E-state index in [2.05, 4.69) is 10.1 Å². The van der Waals surface area contributed by atoms with Crippen LogP contribution in [0.4, 0.5) is 0 Å². The number of hydrogen-bond donors (Lipinski definition) is 1. The maximum Gasteiger partial charge on any atom is 0.228 e. The molecule has 1 aromatic heterocycles. The molecular formula is C12H23N3O3. The molecule has 2 N–H and O–H groups in total. The van der Waals surface area contributed by atoms with Gasteiger partial charge in [0.05, 0.1) is 6.61 Å². The Hall–Kier alpha value is -0.980. The van der Waals surface area contributed by atoms with Gasteiger partial charge < -0.3 is 19.7 Å². The molecule has 0 amide bonds. The minimum Gasteiger partial charge on any atom is -0.383 e. The van der Waals surface area contributed by atoms with Crippen molar-refractivity contribution in [1.82, 2.24) is 10.1 Å². The predicted molar refractivity (Wildman–Crippen MR) is 67.1 cm³/mol. The van der Waals surface area contributed by atoms with Crippen LogP contribution in [-0.4, -0.2) is 37.0 Å². The van der Waals surface area contributed by atoms with E-state index < -0.39 is 5.60 Å². The Balaban J connectivity index is 2.78. The summed E-state index contributed by atoms with van der Waals surface area (Å²) in [5.41, 5.74) is 5.38. The van der Waals surface area contributed by atoms with Gasteiger partial charge in [-0.05, 0) is 12.8 Å². The van der Waals surface area contributed by atoms with E-state index >= 15 is 0 Å². The van der Waals surface area contributed by atoms with E-state index in [-0.39, 0.29) is 6.04 Å². The van der Waals surface area contributed by atoms with Crippen molar-refractivity contribution in [1.29, 1.82) is 0 Å². The van der Waals surface area contributed by atoms with Crippen molar-refractivity contribution >= 4 is 0 Å². The molecule has 0 spiro atoms. The average Bonchev–Trinajstić information content (AvgIpc) is 2.81. The second-order valence-corrected chi connectivity index (χ2v) is 4.34. The molecule has 1 unspecified atom stereocenters. The van der Waals surface area contributed by atoms with Crippen LogP contribution in [0.5, 0.6) is 0 Å². The van der Waals surface area contributed by atoms with E-state index in [0.717, 1.165) is 12.8 Å². The third-order valence-electron chi connectivity index (χ3n) is 3.23. The molecular weight excluding hydrogens is 234 g/mol. The summed E-state index contributed by atoms with van der Waals surface area (Å²) >= 11 is 0. The second-order valence-electron chi connectivity index (χ2n) is 4.34. The van der Waals surface area contributed by atoms with Crippen molar-refractivity contribution in [2.75, 3.05) is 20.8 Å². The Labute approximate surface area is 108 Å². The Morgan fingerprint density at radius 3 is 2.50 bits per heavy atom. The Morgan fingerprint density at radius 2 is 2.00 bits per heavy atom. The smallest absolute Gasteiger partial charge is 0.228 e. The highest BCUT2D eigenvalue weighted by molar-refractivity contribution is 5.01. The zero-order valence-electron chi connectivity index (χ0n) is 11.6. The standard InChI is InChI=1S/C12H23N3O3/c1-5-12(6-2,17-4)11-14-10(18-15-11)7-9(13)8-16-3/h9H,5-8,13H2,1-4H3. The molecule has 0 aliphatic heterocycles. The minimum atomic E-state index is -0.465. The van der Waals surface area contributed by atoms with E-state index in [1.807, 2.05) is 13.8 Å². The number of ether oxygens (including phenoxy) is 2. The summed E-state index contributed by atoms with van der Waals surface area (Å²) in [7, 11) is 3.28. The number of methoxy groups -OCH3 is 2. The van der Waals surface area contributed by atoms with Crippen LogP contribution in [0, 0.1) is 0 Å². The molecule has 1 rings (SSSR count). The maximum atomic E-state index is 5.85. The molecule has 18 heavy (non-hydrogen) atoms. The van der Waals surface area contributed by atoms with Crippen molar-refractivity contribution in [3.8, 4) is 0 Å². The molecule has 0 saturated heterocycles. The van der Waals surface area contributed by atoms with Gasteiger partial charge >= 0.3 is 0 Å². The fourth-order valence-corrected chi connectivity index (χ4v) is 1.97. The second kappa shape index (κ2) is 6.82. The van der Waals surface area contributed by atoms with Gasteiger partial charge in [0.15, 0.2) is 0 Å². The highest BCUT2D eigenvalue weighted by Crippen LogP contribution is 2.30. The summed E-state index contributed by atoms with van der Waals surface area (Å²) < 4.78 is 15.7. The molecule has 104 valence electrons. The molecule has 6 heteroatoms. The monoisotopic (exact) mass is 257 g/mol. The lowest BCUT2D eigenvalue weighted by atomic mass is 9.96. The SMILES string of the molecule is CCC(CC)(OC)c1noc(CC(N)COC)n1. The number of aromatic nitrogens is 2. The third-order valence-corrected chi connectivity index (χ3v) is 3.23. The van der Waals surface area contributed by atoms with Crippen LogP contribution in [0.1, 0.15) is 38.4 Å². The first-order valence-corrected chi connectivity index (χ1v) is 6.24. The third kappa shape index (κ3) is 3.28. The molecule has 1 aromatic rings. The summed E-state index contributed by atoms with van der Waals surface area (Å²) in [5.74, 6) is 1.12. The number of hydrogen-bond acceptors (Lipinski definition) is 6. The maximum absolute atomic E-state index is 5.85. The first-order chi connectivity index (χ1) is 8.61. The number of rotatable bonds is 8. The highest BCUT2D eigenvalue weighted by Gasteiger charge is 2.33. The Morgan fingerprint density at radius 1 is 1.33 bits per heavy atom. The molecule has 1 atom stereocenters. The first-order valence-electron chi connectivity index (χ1n) is 6.24. The topological polar surface area (TPSA) is 83.4 Å². The largest absolute Gasteiger partial charge is 0.383 e. The summed E-state index contributed by atoms with van der Waals surface area (Å²) in [5, 5.41) is 4.01. The van der Waals surface area contributed by atoms with Gasteiger partial charge in [-0.15, -0.1) is 0 Å². The van der Waals surface area contributed by atoms with Gasteiger partial charge in [0.1, 0.15) is 5.60 Å². The van der Waals surface area contributed by atoms with Crippen LogP contribution in [0.15, 0.2) is 4.52 Å². The molecule has 0 fully saturated rings. The van der Waals surface area contributed by atoms with Crippen LogP contribution in [0.2, 0.25) is 0 Å². The van der Waals surface area contributed by atoms with Gasteiger partial charge in [-0.3, -0.25) is 0 Å². The first kappa shape index (κ1) is 15.1. The van der Waals surface area contributed by atoms with Crippen molar-refractivity contribution in [2.45, 2.75) is 44.8 Å². The van der Waals surface area contributed by atoms with Crippen LogP contribution in [-0.2, 0) is 21.5 Å². The lowest BCUT2D eigenvalue weighted by Crippen LogP contribution is -2.29. The lowest BCUT2D eigenvalue weighted by Gasteiger charge is -2.25. The summed E-state index contributed by atoms with van der Waals surface area (Å²) in [6, 6.07) is -0.136. The molecule has 6 nitrogen and oxygen atoms in total. The lowest BCUT2D eigenvalue weighted by molar-refractivity contribution is -0.0306. The van der Waals surface area contributed by atoms with Gasteiger partial charge in [0, 0.05) is 26.7 Å². The normalized spacial score (nSPS) is 13.8.